The average Bonchev–Trinajstić information content (AvgIpc) is 1.73. The average molecular weight is 1450 g/mol. The van der Waals surface area contributed by atoms with Gasteiger partial charge in [0.25, 0.3) is 0 Å². The van der Waals surface area contributed by atoms with Gasteiger partial charge in [0.15, 0.2) is 0 Å². The molecule has 16 heteroatoms. The number of allylic oxidation sites excluding steroid dienone is 16. The minimum Gasteiger partial charge on any atom is -0.373 e. The molecule has 5 aromatic heterocycles. The number of imidazole rings is 1. The lowest BCUT2D eigenvalue weighted by Crippen LogP contribution is -2.32. The van der Waals surface area contributed by atoms with Gasteiger partial charge in [0.05, 0.1) is 36.1 Å². The number of hydrogen-bond donors (Lipinski definition) is 0. The number of nitrogens with zero attached hydrogens (tertiary/aromatic N) is 14. The van der Waals surface area contributed by atoms with Crippen LogP contribution in [-0.4, -0.2) is 135 Å². The monoisotopic (exact) mass is 1440 g/mol. The van der Waals surface area contributed by atoms with Gasteiger partial charge in [-0.2, -0.15) is 15.3 Å². The molecule has 17 rings (SSSR count). The fourth-order valence-electron chi connectivity index (χ4n) is 14.2. The highest BCUT2D eigenvalue weighted by atomic mass is 32.2. The third kappa shape index (κ3) is 21.8. The van der Waals surface area contributed by atoms with Crippen molar-refractivity contribution in [3.8, 4) is 0 Å². The van der Waals surface area contributed by atoms with Gasteiger partial charge in [0.2, 0.25) is 0 Å². The molecule has 0 N–H and O–H groups in total. The zero-order valence-electron chi connectivity index (χ0n) is 67.0. The lowest BCUT2D eigenvalue weighted by atomic mass is 9.85. The molecule has 14 nitrogen and oxygen atoms in total. The van der Waals surface area contributed by atoms with Gasteiger partial charge in [-0.25, -0.2) is 19.9 Å². The molecular weight excluding hydrogens is 1330 g/mol. The summed E-state index contributed by atoms with van der Waals surface area (Å²) in [4.78, 5) is 24.8. The Balaban J connectivity index is 0.000000148. The van der Waals surface area contributed by atoms with Crippen LogP contribution < -0.4 is 0 Å². The Labute approximate surface area is 638 Å². The predicted octanol–water partition coefficient (Wildman–Crippen LogP) is 19.8. The highest BCUT2D eigenvalue weighted by Crippen LogP contribution is 2.43. The van der Waals surface area contributed by atoms with Crippen LogP contribution >= 0.6 is 23.5 Å². The Morgan fingerprint density at radius 3 is 1.10 bits per heavy atom. The van der Waals surface area contributed by atoms with E-state index >= 15 is 0 Å². The molecule has 0 amide bonds. The topological polar surface area (TPSA) is 132 Å². The predicted molar refractivity (Wildman–Crippen MR) is 448 cm³/mol. The van der Waals surface area contributed by atoms with E-state index in [0.29, 0.717) is 70.2 Å². The second kappa shape index (κ2) is 38.3. The van der Waals surface area contributed by atoms with Crippen molar-refractivity contribution >= 4 is 41.6 Å². The molecule has 11 heterocycles. The molecule has 0 saturated carbocycles. The fraction of sp³-hybridized carbons (Fsp3) is 0.404. The van der Waals surface area contributed by atoms with E-state index in [1.54, 1.807) is 6.20 Å². The van der Waals surface area contributed by atoms with Crippen LogP contribution in [0.3, 0.4) is 0 Å². The zero-order valence-corrected chi connectivity index (χ0v) is 68.6. The number of rotatable bonds is 0. The van der Waals surface area contributed by atoms with E-state index in [1.807, 2.05) is 139 Å². The van der Waals surface area contributed by atoms with Gasteiger partial charge in [-0.3, -0.25) is 15.0 Å². The second-order valence-corrected chi connectivity index (χ2v) is 31.6. The molecule has 12 atom stereocenters. The number of thioether (sulfide) groups is 2. The molecule has 12 aliphatic rings. The van der Waals surface area contributed by atoms with Crippen LogP contribution in [0.15, 0.2) is 259 Å². The Hall–Kier alpha value is -8.99. The van der Waals surface area contributed by atoms with Gasteiger partial charge in [-0.05, 0) is 202 Å². The summed E-state index contributed by atoms with van der Waals surface area (Å²) in [6.07, 6.45) is 55.4. The van der Waals surface area contributed by atoms with E-state index in [9.17, 15) is 0 Å². The van der Waals surface area contributed by atoms with Crippen molar-refractivity contribution in [1.29, 1.82) is 0 Å². The first-order valence-corrected chi connectivity index (χ1v) is 38.7. The van der Waals surface area contributed by atoms with Crippen molar-refractivity contribution in [2.45, 2.75) is 173 Å². The van der Waals surface area contributed by atoms with Crippen molar-refractivity contribution in [3.63, 3.8) is 0 Å². The van der Waals surface area contributed by atoms with Gasteiger partial charge >= 0.3 is 0 Å². The normalized spacial score (nSPS) is 25.6. The Morgan fingerprint density at radius 2 is 0.733 bits per heavy atom. The molecule has 0 spiro atoms. The zero-order chi connectivity index (χ0) is 76.3. The standard InChI is InChI=1S/2C11H15N.2C10H14N2.2C10H12S.C9H10N2.C7H9N.C6H8N2.C5H7N3/c2*1-8-4-5-9(2)11-10(8)6-7-12(11)3;2*1-7-4-5-8(2)10-9(7)6-11-12(10)3;2*1-7-3-4-8(2)10-9(7)5-6-11-10;1-7-3-4-8(2)11-6-5-10-9(7)11;1-6-3-4-7(2)8-5-6;1-5-3-7-6(2)8-4-5;1-4-3-6-5(2)8-7-4/h2*4-7,10-11H,1-3H3;2*4-6,9-10H,1-3H3;2*3-6,9-10H,1-2H3;3-6H,1-2H3;3-5H,1-2H3;3-4H,1-2H3;3H,1-2H3. The Kier molecular flexibility index (Phi) is 29.8. The summed E-state index contributed by atoms with van der Waals surface area (Å²) in [7, 11) is 8.38. The molecule has 0 aromatic carbocycles. The molecule has 6 aliphatic carbocycles. The fourth-order valence-corrected chi connectivity index (χ4v) is 16.6. The third-order valence-electron chi connectivity index (χ3n) is 20.9. The van der Waals surface area contributed by atoms with Crippen molar-refractivity contribution < 1.29 is 0 Å². The minimum atomic E-state index is 0.481. The van der Waals surface area contributed by atoms with Crippen molar-refractivity contribution in [2.24, 2.45) is 45.7 Å². The summed E-state index contributed by atoms with van der Waals surface area (Å²) in [5.74, 6) is 5.20. The number of fused-ring (bicyclic) bond motifs is 7. The van der Waals surface area contributed by atoms with Gasteiger partial charge in [-0.1, -0.05) is 165 Å². The largest absolute Gasteiger partial charge is 0.373 e. The quantitative estimate of drug-likeness (QED) is 0.146. The van der Waals surface area contributed by atoms with E-state index < -0.39 is 0 Å². The minimum absolute atomic E-state index is 0.481. The maximum Gasteiger partial charge on any atom is 0.147 e. The molecule has 5 aromatic rings. The summed E-state index contributed by atoms with van der Waals surface area (Å²) >= 11 is 3.90. The van der Waals surface area contributed by atoms with E-state index in [4.69, 9.17) is 0 Å². The first-order chi connectivity index (χ1) is 50.0. The smallest absolute Gasteiger partial charge is 0.147 e. The van der Waals surface area contributed by atoms with Crippen LogP contribution in [-0.2, 0) is 0 Å². The molecule has 0 radical (unpaired) electrons. The maximum absolute atomic E-state index is 4.31. The van der Waals surface area contributed by atoms with Crippen LogP contribution in [0.25, 0.3) is 5.65 Å². The van der Waals surface area contributed by atoms with Crippen LogP contribution in [0.2, 0.25) is 0 Å². The van der Waals surface area contributed by atoms with Gasteiger partial charge < -0.3 is 14.2 Å². The molecule has 0 fully saturated rings. The first-order valence-electron chi connectivity index (χ1n) is 36.8. The van der Waals surface area contributed by atoms with Crippen LogP contribution in [0, 0.1) is 90.9 Å². The highest BCUT2D eigenvalue weighted by molar-refractivity contribution is 8.03. The SMILES string of the molecule is CC1=CC=C(C)C2C1C=CN2C.CC1=CC=C(C)C2C1C=CN2C.CC1=CC=C(C)C2C1C=NN2C.CC1=CC=C(C)C2C1C=NN2C.CC1=CC=C(C)C2SC=CC12.CC1=CC=C(C)C2SC=CC12.Cc1ccc(C)n2ccnc12.Cc1ccc(C)nc1.Cc1cnc(C)nc1.Cc1cnc(C)nn1. The third-order valence-corrected chi connectivity index (χ3v) is 23.4. The van der Waals surface area contributed by atoms with Gasteiger partial charge in [0, 0.05) is 129 Å². The summed E-state index contributed by atoms with van der Waals surface area (Å²) in [6, 6.07) is 10.4. The lowest BCUT2D eigenvalue weighted by molar-refractivity contribution is 0.290. The number of likely N-dealkylation sites (N-methyl/N-ethyl adjacent to an activating group) is 4. The number of aryl methyl sites for hydroxylation is 8. The molecule has 554 valence electrons. The molecule has 12 unspecified atom stereocenters. The van der Waals surface area contributed by atoms with Crippen LogP contribution in [0.5, 0.6) is 0 Å². The first kappa shape index (κ1) is 81.7. The van der Waals surface area contributed by atoms with Crippen LogP contribution in [0.1, 0.15) is 129 Å². The molecular formula is C89H116N14S2. The van der Waals surface area contributed by atoms with Crippen molar-refractivity contribution in [2.75, 3.05) is 28.2 Å². The van der Waals surface area contributed by atoms with Gasteiger partial charge in [-0.15, -0.1) is 28.6 Å². The Morgan fingerprint density at radius 1 is 0.333 bits per heavy atom. The van der Waals surface area contributed by atoms with Crippen molar-refractivity contribution in [1.82, 2.24) is 59.3 Å². The van der Waals surface area contributed by atoms with Crippen molar-refractivity contribution in [3.05, 3.63) is 294 Å². The number of pyridine rings is 2. The second-order valence-electron chi connectivity index (χ2n) is 29.5. The van der Waals surface area contributed by atoms with Gasteiger partial charge in [0.1, 0.15) is 17.3 Å². The summed E-state index contributed by atoms with van der Waals surface area (Å²) in [5, 5.41) is 26.1. The highest BCUT2D eigenvalue weighted by Gasteiger charge is 2.35. The van der Waals surface area contributed by atoms with Crippen LogP contribution in [0.4, 0.5) is 0 Å². The molecule has 105 heavy (non-hydrogen) atoms. The van der Waals surface area contributed by atoms with E-state index in [2.05, 4.69) is 309 Å². The summed E-state index contributed by atoms with van der Waals surface area (Å²) in [6.45, 7) is 42.1. The maximum atomic E-state index is 4.31. The molecule has 0 saturated heterocycles. The van der Waals surface area contributed by atoms with E-state index in [1.165, 1.54) is 83.7 Å². The summed E-state index contributed by atoms with van der Waals surface area (Å²) in [5.41, 5.74) is 25.3. The van der Waals surface area contributed by atoms with E-state index in [0.717, 1.165) is 34.2 Å². The number of hydrazone groups is 2. The summed E-state index contributed by atoms with van der Waals surface area (Å²) < 4.78 is 2.09. The number of aromatic nitrogens is 8. The lowest BCUT2D eigenvalue weighted by Gasteiger charge is -2.30. The number of hydrogen-bond acceptors (Lipinski definition) is 15. The Bertz CT molecular complexity index is 3900. The molecule has 6 aliphatic heterocycles. The van der Waals surface area contributed by atoms with E-state index in [-0.39, 0.29) is 0 Å². The molecule has 0 bridgehead atoms.